The first-order valence-corrected chi connectivity index (χ1v) is 5.78. The molecule has 1 aliphatic rings. The lowest BCUT2D eigenvalue weighted by Gasteiger charge is -2.16. The molecule has 15 heavy (non-hydrogen) atoms. The Kier molecular flexibility index (Phi) is 2.95. The molecule has 0 aliphatic heterocycles. The van der Waals surface area contributed by atoms with Crippen LogP contribution in [0.1, 0.15) is 12.8 Å². The number of carbonyl (C=O) groups excluding carboxylic acids is 1. The monoisotopic (exact) mass is 268 g/mol. The molecule has 1 aromatic carbocycles. The van der Waals surface area contributed by atoms with Crippen molar-refractivity contribution in [3.05, 3.63) is 28.7 Å². The van der Waals surface area contributed by atoms with Gasteiger partial charge in [0.05, 0.1) is 0 Å². The maximum Gasteiger partial charge on any atom is 0.240 e. The Bertz CT molecular complexity index is 377. The molecule has 0 saturated heterocycles. The van der Waals surface area contributed by atoms with Crippen molar-refractivity contribution in [1.29, 1.82) is 0 Å². The minimum atomic E-state index is -0.270. The Hall–Kier alpha value is -1.03. The van der Waals surface area contributed by atoms with Gasteiger partial charge in [-0.25, -0.2) is 0 Å². The summed E-state index contributed by atoms with van der Waals surface area (Å²) in [7, 11) is 0. The SMILES string of the molecule is NC(=O)C(Nc1ccccc1Br)C1CC1. The first-order valence-electron chi connectivity index (χ1n) is 4.99. The first-order chi connectivity index (χ1) is 7.18. The standard InChI is InChI=1S/C11H13BrN2O/c12-8-3-1-2-4-9(8)14-10(11(13)15)7-5-6-7/h1-4,7,10,14H,5-6H2,(H2,13,15). The topological polar surface area (TPSA) is 55.1 Å². The minimum Gasteiger partial charge on any atom is -0.373 e. The molecule has 3 N–H and O–H groups in total. The van der Waals surface area contributed by atoms with Crippen LogP contribution in [0.2, 0.25) is 0 Å². The summed E-state index contributed by atoms with van der Waals surface area (Å²) in [6, 6.07) is 7.50. The van der Waals surface area contributed by atoms with Crippen LogP contribution in [-0.4, -0.2) is 11.9 Å². The van der Waals surface area contributed by atoms with Crippen LogP contribution < -0.4 is 11.1 Å². The second-order valence-electron chi connectivity index (χ2n) is 3.84. The van der Waals surface area contributed by atoms with E-state index in [2.05, 4.69) is 21.2 Å². The predicted molar refractivity (Wildman–Crippen MR) is 63.5 cm³/mol. The van der Waals surface area contributed by atoms with E-state index in [-0.39, 0.29) is 11.9 Å². The number of carbonyl (C=O) groups is 1. The van der Waals surface area contributed by atoms with Crippen molar-refractivity contribution in [2.24, 2.45) is 11.7 Å². The van der Waals surface area contributed by atoms with Crippen molar-refractivity contribution in [2.45, 2.75) is 18.9 Å². The molecule has 4 heteroatoms. The van der Waals surface area contributed by atoms with Gasteiger partial charge in [-0.15, -0.1) is 0 Å². The number of benzene rings is 1. The number of halogens is 1. The van der Waals surface area contributed by atoms with Gasteiger partial charge in [0.1, 0.15) is 6.04 Å². The number of nitrogens with one attached hydrogen (secondary N) is 1. The summed E-state index contributed by atoms with van der Waals surface area (Å²) in [5, 5.41) is 3.19. The molecule has 0 heterocycles. The van der Waals surface area contributed by atoms with Gasteiger partial charge in [0.25, 0.3) is 0 Å². The van der Waals surface area contributed by atoms with E-state index in [1.807, 2.05) is 24.3 Å². The summed E-state index contributed by atoms with van der Waals surface area (Å²) in [6.45, 7) is 0. The van der Waals surface area contributed by atoms with Gasteiger partial charge in [-0.1, -0.05) is 12.1 Å². The molecular weight excluding hydrogens is 256 g/mol. The molecule has 2 rings (SSSR count). The number of rotatable bonds is 4. The summed E-state index contributed by atoms with van der Waals surface area (Å²) < 4.78 is 0.955. The van der Waals surface area contributed by atoms with E-state index in [9.17, 15) is 4.79 Å². The summed E-state index contributed by atoms with van der Waals surface area (Å²) in [5.41, 5.74) is 6.28. The molecule has 1 aliphatic carbocycles. The highest BCUT2D eigenvalue weighted by Gasteiger charge is 2.35. The smallest absolute Gasteiger partial charge is 0.240 e. The number of hydrogen-bond acceptors (Lipinski definition) is 2. The molecule has 80 valence electrons. The van der Waals surface area contributed by atoms with Crippen LogP contribution in [-0.2, 0) is 4.79 Å². The van der Waals surface area contributed by atoms with Gasteiger partial charge in [-0.05, 0) is 46.8 Å². The Morgan fingerprint density at radius 3 is 2.67 bits per heavy atom. The van der Waals surface area contributed by atoms with Crippen molar-refractivity contribution in [3.63, 3.8) is 0 Å². The van der Waals surface area contributed by atoms with Crippen LogP contribution in [0.4, 0.5) is 5.69 Å². The molecule has 3 nitrogen and oxygen atoms in total. The highest BCUT2D eigenvalue weighted by Crippen LogP contribution is 2.35. The lowest BCUT2D eigenvalue weighted by atomic mass is 10.1. The lowest BCUT2D eigenvalue weighted by Crippen LogP contribution is -2.37. The van der Waals surface area contributed by atoms with Crippen LogP contribution >= 0.6 is 15.9 Å². The normalized spacial score (nSPS) is 17.1. The highest BCUT2D eigenvalue weighted by molar-refractivity contribution is 9.10. The molecule has 1 saturated carbocycles. The van der Waals surface area contributed by atoms with Crippen molar-refractivity contribution in [1.82, 2.24) is 0 Å². The zero-order valence-electron chi connectivity index (χ0n) is 8.24. The van der Waals surface area contributed by atoms with E-state index in [1.165, 1.54) is 0 Å². The number of nitrogens with two attached hydrogens (primary N) is 1. The predicted octanol–water partition coefficient (Wildman–Crippen LogP) is 2.12. The fourth-order valence-electron chi connectivity index (χ4n) is 1.60. The van der Waals surface area contributed by atoms with E-state index >= 15 is 0 Å². The Labute approximate surface area is 97.2 Å². The minimum absolute atomic E-state index is 0.233. The summed E-state index contributed by atoms with van der Waals surface area (Å²) in [5.74, 6) is 0.142. The maximum absolute atomic E-state index is 11.2. The third-order valence-electron chi connectivity index (χ3n) is 2.58. The quantitative estimate of drug-likeness (QED) is 0.879. The number of amides is 1. The molecular formula is C11H13BrN2O. The molecule has 1 fully saturated rings. The van der Waals surface area contributed by atoms with Gasteiger partial charge in [-0.3, -0.25) is 4.79 Å². The van der Waals surface area contributed by atoms with E-state index in [4.69, 9.17) is 5.73 Å². The molecule has 0 bridgehead atoms. The fourth-order valence-corrected chi connectivity index (χ4v) is 2.00. The zero-order valence-corrected chi connectivity index (χ0v) is 9.83. The molecule has 1 amide bonds. The number of para-hydroxylation sites is 1. The van der Waals surface area contributed by atoms with Crippen LogP contribution in [0.15, 0.2) is 28.7 Å². The Morgan fingerprint density at radius 1 is 1.47 bits per heavy atom. The lowest BCUT2D eigenvalue weighted by molar-refractivity contribution is -0.119. The van der Waals surface area contributed by atoms with Crippen molar-refractivity contribution >= 4 is 27.5 Å². The average Bonchev–Trinajstić information content (AvgIpc) is 2.99. The molecule has 0 aromatic heterocycles. The summed E-state index contributed by atoms with van der Waals surface area (Å²) in [6.07, 6.45) is 2.18. The zero-order chi connectivity index (χ0) is 10.8. The Balaban J connectivity index is 2.12. The molecule has 0 radical (unpaired) electrons. The van der Waals surface area contributed by atoms with E-state index < -0.39 is 0 Å². The number of primary amides is 1. The van der Waals surface area contributed by atoms with Crippen LogP contribution in [0.3, 0.4) is 0 Å². The van der Waals surface area contributed by atoms with Gasteiger partial charge < -0.3 is 11.1 Å². The van der Waals surface area contributed by atoms with Crippen molar-refractivity contribution in [2.75, 3.05) is 5.32 Å². The third kappa shape index (κ3) is 2.50. The highest BCUT2D eigenvalue weighted by atomic mass is 79.9. The van der Waals surface area contributed by atoms with Crippen LogP contribution in [0, 0.1) is 5.92 Å². The number of anilines is 1. The van der Waals surface area contributed by atoms with Crippen LogP contribution in [0.5, 0.6) is 0 Å². The second-order valence-corrected chi connectivity index (χ2v) is 4.70. The average molecular weight is 269 g/mol. The Morgan fingerprint density at radius 2 is 2.13 bits per heavy atom. The number of hydrogen-bond donors (Lipinski definition) is 2. The van der Waals surface area contributed by atoms with Gasteiger partial charge in [0, 0.05) is 10.2 Å². The molecule has 1 unspecified atom stereocenters. The third-order valence-corrected chi connectivity index (χ3v) is 3.28. The largest absolute Gasteiger partial charge is 0.373 e. The summed E-state index contributed by atoms with van der Waals surface area (Å²) >= 11 is 3.43. The molecule has 1 aromatic rings. The van der Waals surface area contributed by atoms with Gasteiger partial charge in [-0.2, -0.15) is 0 Å². The van der Waals surface area contributed by atoms with Crippen molar-refractivity contribution in [3.8, 4) is 0 Å². The fraction of sp³-hybridized carbons (Fsp3) is 0.364. The van der Waals surface area contributed by atoms with Gasteiger partial charge in [0.15, 0.2) is 0 Å². The van der Waals surface area contributed by atoms with E-state index in [1.54, 1.807) is 0 Å². The summed E-state index contributed by atoms with van der Waals surface area (Å²) in [4.78, 5) is 11.2. The molecule has 0 spiro atoms. The van der Waals surface area contributed by atoms with Gasteiger partial charge in [0.2, 0.25) is 5.91 Å². The van der Waals surface area contributed by atoms with Gasteiger partial charge >= 0.3 is 0 Å². The van der Waals surface area contributed by atoms with E-state index in [0.29, 0.717) is 5.92 Å². The van der Waals surface area contributed by atoms with E-state index in [0.717, 1.165) is 23.0 Å². The van der Waals surface area contributed by atoms with Crippen LogP contribution in [0.25, 0.3) is 0 Å². The second kappa shape index (κ2) is 4.23. The molecule has 1 atom stereocenters. The first kappa shape index (κ1) is 10.5. The maximum atomic E-state index is 11.2. The van der Waals surface area contributed by atoms with Crippen molar-refractivity contribution < 1.29 is 4.79 Å².